The second-order valence-electron chi connectivity index (χ2n) is 5.63. The van der Waals surface area contributed by atoms with E-state index in [2.05, 4.69) is 24.6 Å². The summed E-state index contributed by atoms with van der Waals surface area (Å²) in [7, 11) is 0. The zero-order valence-electron chi connectivity index (χ0n) is 13.5. The summed E-state index contributed by atoms with van der Waals surface area (Å²) in [6.45, 7) is 0.183. The number of halogens is 3. The molecule has 0 aliphatic rings. The molecule has 3 heterocycles. The molecule has 0 bridgehead atoms. The first-order chi connectivity index (χ1) is 12.9. The summed E-state index contributed by atoms with van der Waals surface area (Å²) in [4.78, 5) is 23.7. The summed E-state index contributed by atoms with van der Waals surface area (Å²) in [6.07, 6.45) is -2.15. The molecule has 3 aromatic heterocycles. The van der Waals surface area contributed by atoms with Crippen molar-refractivity contribution in [3.05, 3.63) is 70.7 Å². The Morgan fingerprint density at radius 2 is 1.85 bits per heavy atom. The minimum absolute atomic E-state index is 0.183. The van der Waals surface area contributed by atoms with Crippen LogP contribution < -0.4 is 5.56 Å². The Balaban J connectivity index is 1.63. The van der Waals surface area contributed by atoms with Crippen LogP contribution in [0.25, 0.3) is 22.4 Å². The van der Waals surface area contributed by atoms with Gasteiger partial charge in [-0.25, -0.2) is 4.98 Å². The first-order valence-electron chi connectivity index (χ1n) is 7.72. The van der Waals surface area contributed by atoms with E-state index in [-0.39, 0.29) is 23.5 Å². The molecule has 10 heteroatoms. The third kappa shape index (κ3) is 3.28. The van der Waals surface area contributed by atoms with Crippen molar-refractivity contribution in [2.75, 3.05) is 0 Å². The number of benzene rings is 1. The minimum atomic E-state index is -4.71. The van der Waals surface area contributed by atoms with Gasteiger partial charge < -0.3 is 4.52 Å². The van der Waals surface area contributed by atoms with Crippen molar-refractivity contribution in [3.8, 4) is 11.4 Å². The molecule has 1 aromatic carbocycles. The summed E-state index contributed by atoms with van der Waals surface area (Å²) < 4.78 is 43.3. The monoisotopic (exact) mass is 373 g/mol. The fraction of sp³-hybridized carbons (Fsp3) is 0.118. The molecule has 27 heavy (non-hydrogen) atoms. The van der Waals surface area contributed by atoms with Crippen LogP contribution in [-0.2, 0) is 12.7 Å². The van der Waals surface area contributed by atoms with Gasteiger partial charge in [-0.15, -0.1) is 0 Å². The van der Waals surface area contributed by atoms with Crippen LogP contribution in [0.4, 0.5) is 13.2 Å². The predicted molar refractivity (Wildman–Crippen MR) is 87.6 cm³/mol. The van der Waals surface area contributed by atoms with E-state index in [1.54, 1.807) is 24.3 Å². The molecule has 7 nitrogen and oxygen atoms in total. The molecule has 0 saturated carbocycles. The average molecular weight is 373 g/mol. The van der Waals surface area contributed by atoms with Crippen molar-refractivity contribution < 1.29 is 17.7 Å². The van der Waals surface area contributed by atoms with Crippen LogP contribution in [-0.4, -0.2) is 24.7 Å². The maximum absolute atomic E-state index is 12.5. The highest BCUT2D eigenvalue weighted by Crippen LogP contribution is 2.29. The zero-order chi connectivity index (χ0) is 19.0. The number of alkyl halides is 3. The highest BCUT2D eigenvalue weighted by atomic mass is 19.4. The van der Waals surface area contributed by atoms with Crippen LogP contribution in [0.1, 0.15) is 11.6 Å². The van der Waals surface area contributed by atoms with Crippen molar-refractivity contribution in [2.45, 2.75) is 12.7 Å². The molecule has 0 aliphatic carbocycles. The van der Waals surface area contributed by atoms with Gasteiger partial charge in [0.25, 0.3) is 5.56 Å². The van der Waals surface area contributed by atoms with Gasteiger partial charge in [0.2, 0.25) is 5.82 Å². The van der Waals surface area contributed by atoms with E-state index >= 15 is 0 Å². The minimum Gasteiger partial charge on any atom is -0.329 e. The van der Waals surface area contributed by atoms with Crippen molar-refractivity contribution in [2.24, 2.45) is 0 Å². The Bertz CT molecular complexity index is 1170. The van der Waals surface area contributed by atoms with Crippen molar-refractivity contribution in [1.29, 1.82) is 0 Å². The Morgan fingerprint density at radius 1 is 1.04 bits per heavy atom. The van der Waals surface area contributed by atoms with Crippen LogP contribution in [0, 0.1) is 0 Å². The lowest BCUT2D eigenvalue weighted by atomic mass is 10.2. The Morgan fingerprint density at radius 3 is 2.56 bits per heavy atom. The van der Waals surface area contributed by atoms with Crippen LogP contribution in [0.5, 0.6) is 0 Å². The molecule has 0 unspecified atom stereocenters. The molecule has 136 valence electrons. The maximum Gasteiger partial charge on any atom is 0.471 e. The van der Waals surface area contributed by atoms with Crippen LogP contribution in [0.2, 0.25) is 0 Å². The third-order valence-corrected chi connectivity index (χ3v) is 3.82. The Labute approximate surface area is 149 Å². The molecule has 0 radical (unpaired) electrons. The average Bonchev–Trinajstić information content (AvgIpc) is 3.15. The van der Waals surface area contributed by atoms with Crippen molar-refractivity contribution in [3.63, 3.8) is 0 Å². The van der Waals surface area contributed by atoms with E-state index in [0.717, 1.165) is 0 Å². The standard InChI is InChI=1S/C17H10F3N5O2/c18-17(19,20)16-23-15(24-27-16)10-5-6-11(21-7-10)9-25-13-4-2-1-3-12(13)22-8-14(25)26/h1-8H,9H2. The molecule has 4 rings (SSSR count). The molecular weight excluding hydrogens is 363 g/mol. The maximum atomic E-state index is 12.5. The second-order valence-corrected chi connectivity index (χ2v) is 5.63. The number of pyridine rings is 1. The molecule has 0 fully saturated rings. The number of fused-ring (bicyclic) bond motifs is 1. The quantitative estimate of drug-likeness (QED) is 0.549. The lowest BCUT2D eigenvalue weighted by Crippen LogP contribution is -2.21. The SMILES string of the molecule is O=c1cnc2ccccc2n1Cc1ccc(-c2noc(C(F)(F)F)n2)cn1. The summed E-state index contributed by atoms with van der Waals surface area (Å²) in [5.74, 6) is -1.63. The van der Waals surface area contributed by atoms with E-state index in [9.17, 15) is 18.0 Å². The Hall–Kier alpha value is -3.56. The summed E-state index contributed by atoms with van der Waals surface area (Å²) in [5, 5.41) is 3.31. The second kappa shape index (κ2) is 6.31. The molecule has 0 aliphatic heterocycles. The smallest absolute Gasteiger partial charge is 0.329 e. The van der Waals surface area contributed by atoms with E-state index in [0.29, 0.717) is 16.7 Å². The zero-order valence-corrected chi connectivity index (χ0v) is 13.5. The van der Waals surface area contributed by atoms with Gasteiger partial charge in [-0.3, -0.25) is 14.3 Å². The predicted octanol–water partition coefficient (Wildman–Crippen LogP) is 2.91. The molecule has 4 aromatic rings. The van der Waals surface area contributed by atoms with Gasteiger partial charge in [0, 0.05) is 11.8 Å². The molecule has 0 amide bonds. The number of aromatic nitrogens is 5. The molecule has 0 spiro atoms. The van der Waals surface area contributed by atoms with Gasteiger partial charge in [-0.1, -0.05) is 17.3 Å². The summed E-state index contributed by atoms with van der Waals surface area (Å²) in [5.41, 5.74) is 1.85. The number of para-hydroxylation sites is 2. The molecule has 0 saturated heterocycles. The van der Waals surface area contributed by atoms with Gasteiger partial charge in [0.15, 0.2) is 0 Å². The summed E-state index contributed by atoms with van der Waals surface area (Å²) >= 11 is 0. The van der Waals surface area contributed by atoms with E-state index in [1.807, 2.05) is 6.07 Å². The van der Waals surface area contributed by atoms with Gasteiger partial charge in [0.05, 0.1) is 29.5 Å². The largest absolute Gasteiger partial charge is 0.471 e. The number of rotatable bonds is 3. The van der Waals surface area contributed by atoms with Crippen molar-refractivity contribution >= 4 is 11.0 Å². The van der Waals surface area contributed by atoms with Gasteiger partial charge >= 0.3 is 12.1 Å². The highest BCUT2D eigenvalue weighted by Gasteiger charge is 2.38. The lowest BCUT2D eigenvalue weighted by molar-refractivity contribution is -0.159. The lowest BCUT2D eigenvalue weighted by Gasteiger charge is -2.09. The fourth-order valence-electron chi connectivity index (χ4n) is 2.55. The van der Waals surface area contributed by atoms with E-state index < -0.39 is 12.1 Å². The van der Waals surface area contributed by atoms with Crippen LogP contribution >= 0.6 is 0 Å². The fourth-order valence-corrected chi connectivity index (χ4v) is 2.55. The van der Waals surface area contributed by atoms with Crippen LogP contribution in [0.3, 0.4) is 0 Å². The summed E-state index contributed by atoms with van der Waals surface area (Å²) in [6, 6.07) is 10.3. The third-order valence-electron chi connectivity index (χ3n) is 3.82. The number of nitrogens with zero attached hydrogens (tertiary/aromatic N) is 5. The van der Waals surface area contributed by atoms with Crippen LogP contribution in [0.15, 0.2) is 58.1 Å². The number of hydrogen-bond acceptors (Lipinski definition) is 6. The first-order valence-corrected chi connectivity index (χ1v) is 7.72. The van der Waals surface area contributed by atoms with E-state index in [4.69, 9.17) is 0 Å². The first kappa shape index (κ1) is 16.9. The Kier molecular flexibility index (Phi) is 3.94. The molecule has 0 N–H and O–H groups in total. The topological polar surface area (TPSA) is 86.7 Å². The van der Waals surface area contributed by atoms with E-state index in [1.165, 1.54) is 23.0 Å². The normalized spacial score (nSPS) is 11.8. The van der Waals surface area contributed by atoms with Crippen molar-refractivity contribution in [1.82, 2.24) is 24.7 Å². The number of hydrogen-bond donors (Lipinski definition) is 0. The molecule has 0 atom stereocenters. The van der Waals surface area contributed by atoms with Gasteiger partial charge in [-0.05, 0) is 24.3 Å². The molecular formula is C17H10F3N5O2. The van der Waals surface area contributed by atoms with Gasteiger partial charge in [-0.2, -0.15) is 18.2 Å². The van der Waals surface area contributed by atoms with Gasteiger partial charge in [0.1, 0.15) is 0 Å². The highest BCUT2D eigenvalue weighted by molar-refractivity contribution is 5.74.